The van der Waals surface area contributed by atoms with E-state index >= 15 is 0 Å². The van der Waals surface area contributed by atoms with Crippen LogP contribution in [0.2, 0.25) is 0 Å². The van der Waals surface area contributed by atoms with Crippen LogP contribution in [0.5, 0.6) is 0 Å². The molecule has 0 aliphatic rings. The summed E-state index contributed by atoms with van der Waals surface area (Å²) in [7, 11) is 1.35. The SMILES string of the molecule is COC(=O)c1ccc(-c2nc3ccccc3c(=S)o2)cc1. The molecule has 4 nitrogen and oxygen atoms in total. The number of esters is 1. The first-order valence-electron chi connectivity index (χ1n) is 6.27. The normalized spacial score (nSPS) is 10.5. The van der Waals surface area contributed by atoms with Crippen LogP contribution in [0.3, 0.4) is 0 Å². The topological polar surface area (TPSA) is 52.3 Å². The number of hydrogen-bond acceptors (Lipinski definition) is 5. The largest absolute Gasteiger partial charge is 0.465 e. The molecule has 1 aromatic heterocycles. The lowest BCUT2D eigenvalue weighted by Gasteiger charge is -2.04. The maximum atomic E-state index is 11.4. The van der Waals surface area contributed by atoms with E-state index in [1.807, 2.05) is 24.3 Å². The van der Waals surface area contributed by atoms with Crippen LogP contribution >= 0.6 is 12.2 Å². The van der Waals surface area contributed by atoms with Gasteiger partial charge in [-0.15, -0.1) is 0 Å². The van der Waals surface area contributed by atoms with Crippen molar-refractivity contribution >= 4 is 29.1 Å². The number of ether oxygens (including phenoxy) is 1. The highest BCUT2D eigenvalue weighted by Gasteiger charge is 2.09. The Bertz CT molecular complexity index is 869. The van der Waals surface area contributed by atoms with Crippen molar-refractivity contribution < 1.29 is 13.9 Å². The van der Waals surface area contributed by atoms with Gasteiger partial charge in [0, 0.05) is 5.56 Å². The van der Waals surface area contributed by atoms with Crippen molar-refractivity contribution in [3.63, 3.8) is 0 Å². The number of fused-ring (bicyclic) bond motifs is 1. The van der Waals surface area contributed by atoms with Crippen molar-refractivity contribution in [2.75, 3.05) is 7.11 Å². The maximum absolute atomic E-state index is 11.4. The second kappa shape index (κ2) is 5.46. The number of rotatable bonds is 2. The molecule has 0 N–H and O–H groups in total. The molecule has 104 valence electrons. The van der Waals surface area contributed by atoms with E-state index in [0.717, 1.165) is 16.5 Å². The van der Waals surface area contributed by atoms with Crippen LogP contribution in [0.25, 0.3) is 22.4 Å². The van der Waals surface area contributed by atoms with Gasteiger partial charge in [-0.25, -0.2) is 9.78 Å². The molecule has 0 spiro atoms. The van der Waals surface area contributed by atoms with Crippen molar-refractivity contribution in [2.24, 2.45) is 0 Å². The van der Waals surface area contributed by atoms with Gasteiger partial charge in [-0.05, 0) is 48.6 Å². The third-order valence-electron chi connectivity index (χ3n) is 3.09. The van der Waals surface area contributed by atoms with Gasteiger partial charge in [-0.3, -0.25) is 0 Å². The minimum absolute atomic E-state index is 0.381. The average molecular weight is 297 g/mol. The van der Waals surface area contributed by atoms with Gasteiger partial charge < -0.3 is 9.15 Å². The number of carbonyl (C=O) groups is 1. The van der Waals surface area contributed by atoms with Crippen LogP contribution in [0.4, 0.5) is 0 Å². The minimum atomic E-state index is -0.381. The Morgan fingerprint density at radius 1 is 1.14 bits per heavy atom. The zero-order valence-corrected chi connectivity index (χ0v) is 12.0. The van der Waals surface area contributed by atoms with E-state index in [9.17, 15) is 4.79 Å². The number of carbonyl (C=O) groups excluding carboxylic acids is 1. The number of para-hydroxylation sites is 1. The third kappa shape index (κ3) is 2.55. The van der Waals surface area contributed by atoms with Crippen LogP contribution in [-0.4, -0.2) is 18.1 Å². The van der Waals surface area contributed by atoms with Crippen LogP contribution in [0.15, 0.2) is 52.9 Å². The highest BCUT2D eigenvalue weighted by molar-refractivity contribution is 7.71. The maximum Gasteiger partial charge on any atom is 0.337 e. The molecular formula is C16H11NO3S. The zero-order chi connectivity index (χ0) is 14.8. The van der Waals surface area contributed by atoms with Gasteiger partial charge in [0.05, 0.1) is 23.6 Å². The van der Waals surface area contributed by atoms with E-state index in [4.69, 9.17) is 16.6 Å². The molecule has 0 aliphatic carbocycles. The van der Waals surface area contributed by atoms with Gasteiger partial charge in [0.15, 0.2) is 0 Å². The summed E-state index contributed by atoms with van der Waals surface area (Å²) < 4.78 is 10.7. The summed E-state index contributed by atoms with van der Waals surface area (Å²) in [5, 5.41) is 0.808. The Morgan fingerprint density at radius 3 is 2.57 bits per heavy atom. The fourth-order valence-corrected chi connectivity index (χ4v) is 2.26. The molecule has 0 saturated carbocycles. The summed E-state index contributed by atoms with van der Waals surface area (Å²) in [5.74, 6) is 0.0454. The molecule has 0 radical (unpaired) electrons. The molecule has 0 saturated heterocycles. The standard InChI is InChI=1S/C16H11NO3S/c1-19-15(18)11-8-6-10(7-9-11)14-17-13-5-3-2-4-12(13)16(21)20-14/h2-9H,1H3. The predicted octanol–water partition coefficient (Wildman–Crippen LogP) is 4.01. The van der Waals surface area contributed by atoms with Gasteiger partial charge in [-0.2, -0.15) is 0 Å². The second-order valence-electron chi connectivity index (χ2n) is 4.39. The van der Waals surface area contributed by atoms with Crippen LogP contribution in [0.1, 0.15) is 10.4 Å². The number of nitrogens with zero attached hydrogens (tertiary/aromatic N) is 1. The van der Waals surface area contributed by atoms with Crippen molar-refractivity contribution in [1.29, 1.82) is 0 Å². The zero-order valence-electron chi connectivity index (χ0n) is 11.2. The number of hydrogen-bond donors (Lipinski definition) is 0. The van der Waals surface area contributed by atoms with E-state index in [1.165, 1.54) is 7.11 Å². The van der Waals surface area contributed by atoms with Gasteiger partial charge in [0.2, 0.25) is 10.6 Å². The summed E-state index contributed by atoms with van der Waals surface area (Å²) in [5.41, 5.74) is 2.00. The van der Waals surface area contributed by atoms with Gasteiger partial charge >= 0.3 is 5.97 Å². The summed E-state index contributed by atoms with van der Waals surface area (Å²) >= 11 is 5.25. The fourth-order valence-electron chi connectivity index (χ4n) is 2.01. The molecular weight excluding hydrogens is 286 g/mol. The van der Waals surface area contributed by atoms with E-state index in [2.05, 4.69) is 9.72 Å². The van der Waals surface area contributed by atoms with Crippen molar-refractivity contribution in [1.82, 2.24) is 4.98 Å². The van der Waals surface area contributed by atoms with E-state index in [0.29, 0.717) is 16.2 Å². The summed E-state index contributed by atoms with van der Waals surface area (Å²) in [6, 6.07) is 14.4. The average Bonchev–Trinajstić information content (AvgIpc) is 2.54. The Hall–Kier alpha value is -2.53. The molecule has 0 atom stereocenters. The number of benzene rings is 2. The minimum Gasteiger partial charge on any atom is -0.465 e. The lowest BCUT2D eigenvalue weighted by molar-refractivity contribution is 0.0601. The Labute approximate surface area is 126 Å². The monoisotopic (exact) mass is 297 g/mol. The molecule has 5 heteroatoms. The molecule has 0 aliphatic heterocycles. The van der Waals surface area contributed by atoms with Crippen LogP contribution in [-0.2, 0) is 4.74 Å². The first-order chi connectivity index (χ1) is 10.2. The van der Waals surface area contributed by atoms with Crippen molar-refractivity contribution in [3.8, 4) is 11.5 Å². The van der Waals surface area contributed by atoms with Gasteiger partial charge in [-0.1, -0.05) is 12.1 Å². The molecule has 21 heavy (non-hydrogen) atoms. The molecule has 2 aromatic carbocycles. The molecule has 0 bridgehead atoms. The summed E-state index contributed by atoms with van der Waals surface area (Å²) in [6.45, 7) is 0. The molecule has 0 fully saturated rings. The first kappa shape index (κ1) is 13.5. The quantitative estimate of drug-likeness (QED) is 0.528. The Balaban J connectivity index is 2.08. The predicted molar refractivity (Wildman–Crippen MR) is 81.6 cm³/mol. The molecule has 0 unspecified atom stereocenters. The second-order valence-corrected chi connectivity index (χ2v) is 4.76. The van der Waals surface area contributed by atoms with E-state index in [1.54, 1.807) is 24.3 Å². The smallest absolute Gasteiger partial charge is 0.337 e. The lowest BCUT2D eigenvalue weighted by atomic mass is 10.1. The summed E-state index contributed by atoms with van der Waals surface area (Å²) in [4.78, 5) is 15.9. The van der Waals surface area contributed by atoms with E-state index < -0.39 is 0 Å². The van der Waals surface area contributed by atoms with Gasteiger partial charge in [0.1, 0.15) is 0 Å². The molecule has 3 aromatic rings. The summed E-state index contributed by atoms with van der Waals surface area (Å²) in [6.07, 6.45) is 0. The molecule has 1 heterocycles. The van der Waals surface area contributed by atoms with Gasteiger partial charge in [0.25, 0.3) is 0 Å². The molecule has 3 rings (SSSR count). The highest BCUT2D eigenvalue weighted by atomic mass is 32.1. The molecule has 0 amide bonds. The van der Waals surface area contributed by atoms with Crippen molar-refractivity contribution in [2.45, 2.75) is 0 Å². The van der Waals surface area contributed by atoms with Crippen LogP contribution < -0.4 is 0 Å². The van der Waals surface area contributed by atoms with E-state index in [-0.39, 0.29) is 5.97 Å². The van der Waals surface area contributed by atoms with Crippen molar-refractivity contribution in [3.05, 3.63) is 58.8 Å². The Morgan fingerprint density at radius 2 is 1.86 bits per heavy atom. The first-order valence-corrected chi connectivity index (χ1v) is 6.68. The number of aromatic nitrogens is 1. The third-order valence-corrected chi connectivity index (χ3v) is 3.39. The Kier molecular flexibility index (Phi) is 3.50. The highest BCUT2D eigenvalue weighted by Crippen LogP contribution is 2.22. The number of methoxy groups -OCH3 is 1. The lowest BCUT2D eigenvalue weighted by Crippen LogP contribution is -2.00. The van der Waals surface area contributed by atoms with Crippen LogP contribution in [0, 0.1) is 4.71 Å². The fraction of sp³-hybridized carbons (Fsp3) is 0.0625.